The van der Waals surface area contributed by atoms with E-state index in [1.165, 1.54) is 11.3 Å². The highest BCUT2D eigenvalue weighted by molar-refractivity contribution is 7.20. The molecule has 3 nitrogen and oxygen atoms in total. The Kier molecular flexibility index (Phi) is 3.46. The summed E-state index contributed by atoms with van der Waals surface area (Å²) in [4.78, 5) is 0. The summed E-state index contributed by atoms with van der Waals surface area (Å²) in [6.45, 7) is 2.04. The molecule has 0 aliphatic rings. The van der Waals surface area contributed by atoms with Crippen LogP contribution in [0.25, 0.3) is 22.4 Å². The molecule has 1 aromatic carbocycles. The van der Waals surface area contributed by atoms with E-state index in [4.69, 9.17) is 28.9 Å². The van der Waals surface area contributed by atoms with E-state index in [1.54, 1.807) is 0 Å². The number of nitrogens with zero attached hydrogens (tertiary/aromatic N) is 1. The van der Waals surface area contributed by atoms with E-state index in [2.05, 4.69) is 16.3 Å². The van der Waals surface area contributed by atoms with Crippen LogP contribution in [0.3, 0.4) is 0 Å². The first kappa shape index (κ1) is 13.5. The van der Waals surface area contributed by atoms with Gasteiger partial charge in [-0.3, -0.25) is 5.10 Å². The summed E-state index contributed by atoms with van der Waals surface area (Å²) in [5.74, 6) is 0.448. The predicted octanol–water partition coefficient (Wildman–Crippen LogP) is 5.00. The van der Waals surface area contributed by atoms with Gasteiger partial charge in [-0.2, -0.15) is 5.10 Å². The quantitative estimate of drug-likeness (QED) is 0.697. The number of H-pyrrole nitrogens is 1. The first-order valence-corrected chi connectivity index (χ1v) is 7.49. The largest absolute Gasteiger partial charge is 0.382 e. The summed E-state index contributed by atoms with van der Waals surface area (Å²) in [5.41, 5.74) is 10.6. The molecule has 0 bridgehead atoms. The molecule has 0 saturated carbocycles. The summed E-state index contributed by atoms with van der Waals surface area (Å²) in [6, 6.07) is 9.91. The van der Waals surface area contributed by atoms with Crippen LogP contribution in [0.1, 0.15) is 5.56 Å². The highest BCUT2D eigenvalue weighted by Gasteiger charge is 2.18. The Morgan fingerprint density at radius 2 is 2.05 bits per heavy atom. The van der Waals surface area contributed by atoms with Gasteiger partial charge in [-0.15, -0.1) is 11.3 Å². The Morgan fingerprint density at radius 1 is 1.25 bits per heavy atom. The van der Waals surface area contributed by atoms with Crippen molar-refractivity contribution in [2.24, 2.45) is 0 Å². The molecule has 0 atom stereocenters. The third-order valence-electron chi connectivity index (χ3n) is 3.03. The van der Waals surface area contributed by atoms with Crippen molar-refractivity contribution in [2.45, 2.75) is 6.92 Å². The van der Waals surface area contributed by atoms with E-state index in [0.29, 0.717) is 14.5 Å². The molecule has 0 fully saturated rings. The lowest BCUT2D eigenvalue weighted by Gasteiger charge is -2.05. The van der Waals surface area contributed by atoms with Gasteiger partial charge in [-0.05, 0) is 18.6 Å². The summed E-state index contributed by atoms with van der Waals surface area (Å²) in [6.07, 6.45) is 0. The average Bonchev–Trinajstić information content (AvgIpc) is 2.92. The molecule has 0 radical (unpaired) electrons. The fourth-order valence-corrected chi connectivity index (χ4v) is 3.63. The van der Waals surface area contributed by atoms with Crippen molar-refractivity contribution in [3.8, 4) is 22.4 Å². The van der Waals surface area contributed by atoms with Crippen LogP contribution in [0.5, 0.6) is 0 Å². The van der Waals surface area contributed by atoms with Crippen LogP contribution in [-0.4, -0.2) is 10.2 Å². The zero-order valence-corrected chi connectivity index (χ0v) is 12.9. The molecule has 0 spiro atoms. The maximum atomic E-state index is 6.23. The molecule has 0 aliphatic carbocycles. The summed E-state index contributed by atoms with van der Waals surface area (Å²) in [7, 11) is 0. The molecule has 0 amide bonds. The standard InChI is InChI=1S/C14H11Cl2N3S/c1-7-3-2-4-8(5-7)11-12(18-19-14(11)17)9-6-10(15)20-13(9)16/h2-6H,1H3,(H3,17,18,19). The fourth-order valence-electron chi connectivity index (χ4n) is 2.15. The first-order chi connectivity index (χ1) is 9.56. The summed E-state index contributed by atoms with van der Waals surface area (Å²) in [5, 5.41) is 7.06. The van der Waals surface area contributed by atoms with Crippen LogP contribution >= 0.6 is 34.5 Å². The minimum absolute atomic E-state index is 0.448. The van der Waals surface area contributed by atoms with Crippen LogP contribution in [0, 0.1) is 6.92 Å². The van der Waals surface area contributed by atoms with Gasteiger partial charge in [0, 0.05) is 5.56 Å². The Morgan fingerprint density at radius 3 is 2.70 bits per heavy atom. The van der Waals surface area contributed by atoms with Crippen molar-refractivity contribution in [1.82, 2.24) is 10.2 Å². The second-order valence-corrected chi connectivity index (χ2v) is 6.75. The van der Waals surface area contributed by atoms with E-state index >= 15 is 0 Å². The van der Waals surface area contributed by atoms with Gasteiger partial charge >= 0.3 is 0 Å². The van der Waals surface area contributed by atoms with Gasteiger partial charge in [0.05, 0.1) is 15.6 Å². The number of aromatic amines is 1. The number of hydrogen-bond donors (Lipinski definition) is 2. The number of hydrogen-bond acceptors (Lipinski definition) is 3. The molecule has 3 aromatic rings. The number of aromatic nitrogens is 2. The molecular weight excluding hydrogens is 313 g/mol. The summed E-state index contributed by atoms with van der Waals surface area (Å²) < 4.78 is 1.25. The number of rotatable bonds is 2. The van der Waals surface area contributed by atoms with Crippen LogP contribution < -0.4 is 5.73 Å². The van der Waals surface area contributed by atoms with E-state index in [-0.39, 0.29) is 0 Å². The van der Waals surface area contributed by atoms with Gasteiger partial charge in [-0.25, -0.2) is 0 Å². The smallest absolute Gasteiger partial charge is 0.153 e. The topological polar surface area (TPSA) is 54.7 Å². The lowest BCUT2D eigenvalue weighted by Crippen LogP contribution is -1.89. The van der Waals surface area contributed by atoms with Gasteiger partial charge in [0.15, 0.2) is 5.82 Å². The SMILES string of the molecule is Cc1cccc(-c2c(N)n[nH]c2-c2cc(Cl)sc2Cl)c1. The van der Waals surface area contributed by atoms with Crippen molar-refractivity contribution in [3.05, 3.63) is 44.6 Å². The number of halogens is 2. The van der Waals surface area contributed by atoms with E-state index < -0.39 is 0 Å². The highest BCUT2D eigenvalue weighted by atomic mass is 35.5. The van der Waals surface area contributed by atoms with Crippen molar-refractivity contribution in [3.63, 3.8) is 0 Å². The van der Waals surface area contributed by atoms with Crippen LogP contribution in [0.4, 0.5) is 5.82 Å². The maximum Gasteiger partial charge on any atom is 0.153 e. The second-order valence-electron chi connectivity index (χ2n) is 4.47. The Balaban J connectivity index is 2.22. The Hall–Kier alpha value is -1.49. The molecule has 0 unspecified atom stereocenters. The Bertz CT molecular complexity index is 777. The molecule has 3 N–H and O–H groups in total. The second kappa shape index (κ2) is 5.13. The van der Waals surface area contributed by atoms with Crippen LogP contribution in [-0.2, 0) is 0 Å². The number of anilines is 1. The van der Waals surface area contributed by atoms with Crippen molar-refractivity contribution in [1.29, 1.82) is 0 Å². The number of thiophene rings is 1. The van der Waals surface area contributed by atoms with Crippen molar-refractivity contribution < 1.29 is 0 Å². The molecule has 20 heavy (non-hydrogen) atoms. The number of nitrogens with one attached hydrogen (secondary N) is 1. The zero-order chi connectivity index (χ0) is 14.3. The molecule has 0 aliphatic heterocycles. The minimum atomic E-state index is 0.448. The number of aryl methyl sites for hydroxylation is 1. The van der Waals surface area contributed by atoms with Gasteiger partial charge in [0.25, 0.3) is 0 Å². The van der Waals surface area contributed by atoms with E-state index in [1.807, 2.05) is 31.2 Å². The molecular formula is C14H11Cl2N3S. The number of benzene rings is 1. The van der Waals surface area contributed by atoms with Crippen LogP contribution in [0.15, 0.2) is 30.3 Å². The first-order valence-electron chi connectivity index (χ1n) is 5.92. The number of nitrogen functional groups attached to an aromatic ring is 1. The Labute approximate surface area is 130 Å². The van der Waals surface area contributed by atoms with Gasteiger partial charge in [-0.1, -0.05) is 53.0 Å². The van der Waals surface area contributed by atoms with E-state index in [9.17, 15) is 0 Å². The predicted molar refractivity (Wildman–Crippen MR) is 86.5 cm³/mol. The van der Waals surface area contributed by atoms with Crippen molar-refractivity contribution >= 4 is 40.4 Å². The molecule has 2 heterocycles. The van der Waals surface area contributed by atoms with Gasteiger partial charge in [0.1, 0.15) is 4.34 Å². The third kappa shape index (κ3) is 2.30. The maximum absolute atomic E-state index is 6.23. The highest BCUT2D eigenvalue weighted by Crippen LogP contribution is 2.42. The monoisotopic (exact) mass is 323 g/mol. The number of nitrogens with two attached hydrogens (primary N) is 1. The molecule has 6 heteroatoms. The minimum Gasteiger partial charge on any atom is -0.382 e. The normalized spacial score (nSPS) is 10.9. The fraction of sp³-hybridized carbons (Fsp3) is 0.0714. The lowest BCUT2D eigenvalue weighted by atomic mass is 10.0. The molecule has 102 valence electrons. The zero-order valence-electron chi connectivity index (χ0n) is 10.6. The van der Waals surface area contributed by atoms with Crippen LogP contribution in [0.2, 0.25) is 8.67 Å². The summed E-state index contributed by atoms with van der Waals surface area (Å²) >= 11 is 13.6. The molecule has 3 rings (SSSR count). The molecule has 2 aromatic heterocycles. The van der Waals surface area contributed by atoms with E-state index in [0.717, 1.165) is 27.9 Å². The van der Waals surface area contributed by atoms with Gasteiger partial charge in [0.2, 0.25) is 0 Å². The molecule has 0 saturated heterocycles. The third-order valence-corrected chi connectivity index (χ3v) is 4.51. The van der Waals surface area contributed by atoms with Gasteiger partial charge < -0.3 is 5.73 Å². The average molecular weight is 324 g/mol. The van der Waals surface area contributed by atoms with Crippen molar-refractivity contribution in [2.75, 3.05) is 5.73 Å². The lowest BCUT2D eigenvalue weighted by molar-refractivity contribution is 1.10.